The average Bonchev–Trinajstić information content (AvgIpc) is 2.66. The number of carbonyl (C=O) groups excluding carboxylic acids is 1. The molecule has 1 aromatic rings. The van der Waals surface area contributed by atoms with Gasteiger partial charge in [-0.15, -0.1) is 0 Å². The van der Waals surface area contributed by atoms with E-state index in [0.29, 0.717) is 0 Å². The first-order valence-electron chi connectivity index (χ1n) is 7.11. The van der Waals surface area contributed by atoms with E-state index in [1.807, 2.05) is 0 Å². The average molecular weight is 298 g/mol. The van der Waals surface area contributed by atoms with Crippen LogP contribution in [0.4, 0.5) is 18.0 Å². The van der Waals surface area contributed by atoms with E-state index in [0.717, 1.165) is 49.8 Å². The topological polar surface area (TPSA) is 46.3 Å². The van der Waals surface area contributed by atoms with Crippen molar-refractivity contribution >= 4 is 6.03 Å². The van der Waals surface area contributed by atoms with Gasteiger partial charge in [-0.1, -0.05) is 12.1 Å². The van der Waals surface area contributed by atoms with E-state index in [2.05, 4.69) is 0 Å². The smallest absolute Gasteiger partial charge is 0.351 e. The Labute approximate surface area is 120 Å². The number of carbonyl (C=O) groups is 1. The fraction of sp³-hybridized carbons (Fsp3) is 0.533. The van der Waals surface area contributed by atoms with Crippen LogP contribution in [0, 0.1) is 0 Å². The van der Waals surface area contributed by atoms with Gasteiger partial charge in [-0.25, -0.2) is 4.79 Å². The molecule has 0 spiro atoms. The molecule has 2 bridgehead atoms. The molecule has 21 heavy (non-hydrogen) atoms. The number of primary amides is 1. The third-order valence-corrected chi connectivity index (χ3v) is 4.83. The van der Waals surface area contributed by atoms with Gasteiger partial charge >= 0.3 is 12.2 Å². The number of piperidine rings is 1. The van der Waals surface area contributed by atoms with E-state index in [4.69, 9.17) is 5.73 Å². The van der Waals surface area contributed by atoms with Crippen molar-refractivity contribution in [2.45, 2.75) is 49.9 Å². The molecule has 0 aliphatic carbocycles. The van der Waals surface area contributed by atoms with Crippen molar-refractivity contribution in [3.05, 3.63) is 35.4 Å². The highest BCUT2D eigenvalue weighted by atomic mass is 19.4. The van der Waals surface area contributed by atoms with Crippen LogP contribution in [0.2, 0.25) is 0 Å². The van der Waals surface area contributed by atoms with Gasteiger partial charge in [0.2, 0.25) is 0 Å². The monoisotopic (exact) mass is 298 g/mol. The fourth-order valence-corrected chi connectivity index (χ4v) is 3.94. The van der Waals surface area contributed by atoms with Gasteiger partial charge in [-0.05, 0) is 49.8 Å². The Bertz CT molecular complexity index is 551. The zero-order valence-electron chi connectivity index (χ0n) is 11.5. The number of benzene rings is 1. The minimum atomic E-state index is -4.34. The van der Waals surface area contributed by atoms with Gasteiger partial charge in [0.05, 0.1) is 11.1 Å². The number of halogens is 3. The maximum absolute atomic E-state index is 12.7. The summed E-state index contributed by atoms with van der Waals surface area (Å²) in [5.74, 6) is 0. The number of fused-ring (bicyclic) bond motifs is 2. The summed E-state index contributed by atoms with van der Waals surface area (Å²) in [6, 6.07) is 4.81. The van der Waals surface area contributed by atoms with Gasteiger partial charge in [-0.3, -0.25) is 0 Å². The zero-order chi connectivity index (χ0) is 15.3. The van der Waals surface area contributed by atoms with Crippen molar-refractivity contribution in [1.82, 2.24) is 4.90 Å². The lowest BCUT2D eigenvalue weighted by atomic mass is 9.81. The molecule has 2 aliphatic rings. The molecule has 2 saturated heterocycles. The molecule has 0 saturated carbocycles. The number of rotatable bonds is 1. The molecule has 3 rings (SSSR count). The third kappa shape index (κ3) is 2.17. The molecule has 0 aromatic heterocycles. The van der Waals surface area contributed by atoms with Crippen molar-refractivity contribution < 1.29 is 18.0 Å². The van der Waals surface area contributed by atoms with Crippen molar-refractivity contribution in [1.29, 1.82) is 0 Å². The molecule has 1 aromatic carbocycles. The highest BCUT2D eigenvalue weighted by Gasteiger charge is 2.51. The Morgan fingerprint density at radius 3 is 2.43 bits per heavy atom. The standard InChI is InChI=1S/C15H17F3N2O/c16-15(17,18)11-5-3-10(4-6-11)14-8-1-2-12(7-9-14)20(14)13(19)21/h3-6,12H,1-2,7-9H2,(H2,19,21). The van der Waals surface area contributed by atoms with E-state index in [1.165, 1.54) is 12.1 Å². The van der Waals surface area contributed by atoms with Gasteiger partial charge in [0.1, 0.15) is 0 Å². The number of amides is 2. The summed E-state index contributed by atoms with van der Waals surface area (Å²) in [5.41, 5.74) is 5.09. The molecule has 0 radical (unpaired) electrons. The second-order valence-electron chi connectivity index (χ2n) is 5.90. The van der Waals surface area contributed by atoms with E-state index in [9.17, 15) is 18.0 Å². The fourth-order valence-electron chi connectivity index (χ4n) is 3.94. The third-order valence-electron chi connectivity index (χ3n) is 4.83. The van der Waals surface area contributed by atoms with Gasteiger partial charge < -0.3 is 10.6 Å². The number of urea groups is 1. The Morgan fingerprint density at radius 1 is 1.19 bits per heavy atom. The Kier molecular flexibility index (Phi) is 3.15. The summed E-state index contributed by atoms with van der Waals surface area (Å²) in [4.78, 5) is 13.5. The summed E-state index contributed by atoms with van der Waals surface area (Å²) < 4.78 is 38.0. The van der Waals surface area contributed by atoms with Gasteiger partial charge in [0, 0.05) is 6.04 Å². The van der Waals surface area contributed by atoms with E-state index in [1.54, 1.807) is 4.90 Å². The van der Waals surface area contributed by atoms with Gasteiger partial charge in [-0.2, -0.15) is 13.2 Å². The summed E-state index contributed by atoms with van der Waals surface area (Å²) in [7, 11) is 0. The van der Waals surface area contributed by atoms with Crippen molar-refractivity contribution in [3.8, 4) is 0 Å². The maximum Gasteiger partial charge on any atom is 0.416 e. The minimum Gasteiger partial charge on any atom is -0.351 e. The van der Waals surface area contributed by atoms with Crippen LogP contribution in [-0.2, 0) is 11.7 Å². The molecule has 2 heterocycles. The summed E-state index contributed by atoms with van der Waals surface area (Å²) in [5, 5.41) is 0. The van der Waals surface area contributed by atoms with Crippen molar-refractivity contribution in [2.75, 3.05) is 0 Å². The van der Waals surface area contributed by atoms with Crippen LogP contribution in [0.3, 0.4) is 0 Å². The van der Waals surface area contributed by atoms with Crippen LogP contribution in [0.5, 0.6) is 0 Å². The highest BCUT2D eigenvalue weighted by Crippen LogP contribution is 2.50. The van der Waals surface area contributed by atoms with E-state index in [-0.39, 0.29) is 6.04 Å². The van der Waals surface area contributed by atoms with Gasteiger partial charge in [0.25, 0.3) is 0 Å². The van der Waals surface area contributed by atoms with Crippen LogP contribution >= 0.6 is 0 Å². The predicted octanol–water partition coefficient (Wildman–Crippen LogP) is 3.63. The zero-order valence-corrected chi connectivity index (χ0v) is 11.5. The van der Waals surface area contributed by atoms with Crippen LogP contribution in [0.25, 0.3) is 0 Å². The Hall–Kier alpha value is -1.72. The quantitative estimate of drug-likeness (QED) is 0.845. The number of alkyl halides is 3. The highest BCUT2D eigenvalue weighted by molar-refractivity contribution is 5.74. The molecule has 2 atom stereocenters. The van der Waals surface area contributed by atoms with Crippen molar-refractivity contribution in [3.63, 3.8) is 0 Å². The lowest BCUT2D eigenvalue weighted by Crippen LogP contribution is -2.53. The predicted molar refractivity (Wildman–Crippen MR) is 71.4 cm³/mol. The molecule has 2 unspecified atom stereocenters. The second-order valence-corrected chi connectivity index (χ2v) is 5.90. The first-order chi connectivity index (χ1) is 9.84. The van der Waals surface area contributed by atoms with E-state index < -0.39 is 23.3 Å². The molecule has 114 valence electrons. The van der Waals surface area contributed by atoms with Crippen LogP contribution in [0.1, 0.15) is 43.2 Å². The number of nitrogens with two attached hydrogens (primary N) is 1. The molecular formula is C15H17F3N2O. The molecule has 2 fully saturated rings. The first kappa shape index (κ1) is 14.2. The van der Waals surface area contributed by atoms with E-state index >= 15 is 0 Å². The number of nitrogens with zero attached hydrogens (tertiary/aromatic N) is 1. The van der Waals surface area contributed by atoms with Crippen molar-refractivity contribution in [2.24, 2.45) is 5.73 Å². The maximum atomic E-state index is 12.7. The number of hydrogen-bond acceptors (Lipinski definition) is 1. The lowest BCUT2D eigenvalue weighted by molar-refractivity contribution is -0.137. The summed E-state index contributed by atoms with van der Waals surface area (Å²) in [6.07, 6.45) is -0.0567. The molecule has 3 nitrogen and oxygen atoms in total. The lowest BCUT2D eigenvalue weighted by Gasteiger charge is -2.44. The molecule has 6 heteroatoms. The first-order valence-corrected chi connectivity index (χ1v) is 7.11. The number of hydrogen-bond donors (Lipinski definition) is 1. The molecule has 2 amide bonds. The SMILES string of the molecule is NC(=O)N1C2CCCC1(c1ccc(C(F)(F)F)cc1)CC2. The largest absolute Gasteiger partial charge is 0.416 e. The molecular weight excluding hydrogens is 281 g/mol. The normalized spacial score (nSPS) is 28.7. The molecule has 2 N–H and O–H groups in total. The Balaban J connectivity index is 1.99. The van der Waals surface area contributed by atoms with Crippen LogP contribution < -0.4 is 5.73 Å². The second kappa shape index (κ2) is 4.64. The Morgan fingerprint density at radius 2 is 1.86 bits per heavy atom. The van der Waals surface area contributed by atoms with Crippen LogP contribution in [0.15, 0.2) is 24.3 Å². The van der Waals surface area contributed by atoms with Crippen LogP contribution in [-0.4, -0.2) is 17.0 Å². The molecule has 2 aliphatic heterocycles. The minimum absolute atomic E-state index is 0.124. The summed E-state index contributed by atoms with van der Waals surface area (Å²) in [6.45, 7) is 0. The summed E-state index contributed by atoms with van der Waals surface area (Å²) >= 11 is 0. The van der Waals surface area contributed by atoms with Gasteiger partial charge in [0.15, 0.2) is 0 Å².